The molecule has 2 rings (SSSR count). The molecule has 1 amide bonds. The van der Waals surface area contributed by atoms with Crippen molar-refractivity contribution in [2.24, 2.45) is 0 Å². The molecule has 1 fully saturated rings. The second kappa shape index (κ2) is 7.12. The average molecular weight is 357 g/mol. The molecule has 0 saturated carbocycles. The molecule has 18 heavy (non-hydrogen) atoms. The molecule has 2 nitrogen and oxygen atoms in total. The van der Waals surface area contributed by atoms with Crippen LogP contribution >= 0.6 is 22.6 Å². The van der Waals surface area contributed by atoms with Gasteiger partial charge in [0, 0.05) is 13.1 Å². The molecule has 98 valence electrons. The zero-order chi connectivity index (χ0) is 12.8. The summed E-state index contributed by atoms with van der Waals surface area (Å²) in [5, 5.41) is 0. The van der Waals surface area contributed by atoms with Gasteiger partial charge in [0.25, 0.3) is 0 Å². The summed E-state index contributed by atoms with van der Waals surface area (Å²) < 4.78 is 1.12. The van der Waals surface area contributed by atoms with Crippen LogP contribution in [-0.2, 0) is 4.79 Å². The lowest BCUT2D eigenvalue weighted by molar-refractivity contribution is -0.131. The number of halogens is 1. The van der Waals surface area contributed by atoms with Crippen LogP contribution in [-0.4, -0.2) is 28.3 Å². The first-order valence-corrected chi connectivity index (χ1v) is 8.25. The third kappa shape index (κ3) is 3.46. The lowest BCUT2D eigenvalue weighted by atomic mass is 9.93. The van der Waals surface area contributed by atoms with E-state index in [4.69, 9.17) is 0 Å². The summed E-state index contributed by atoms with van der Waals surface area (Å²) in [6.45, 7) is 1.90. The van der Waals surface area contributed by atoms with Crippen LogP contribution in [0.5, 0.6) is 0 Å². The van der Waals surface area contributed by atoms with E-state index in [-0.39, 0.29) is 5.92 Å². The van der Waals surface area contributed by atoms with Crippen molar-refractivity contribution in [2.75, 3.05) is 17.5 Å². The summed E-state index contributed by atoms with van der Waals surface area (Å²) in [7, 11) is 0. The first kappa shape index (κ1) is 13.8. The molecule has 0 N–H and O–H groups in total. The smallest absolute Gasteiger partial charge is 0.230 e. The molecule has 1 aliphatic heterocycles. The van der Waals surface area contributed by atoms with Gasteiger partial charge in [-0.2, -0.15) is 0 Å². The highest BCUT2D eigenvalue weighted by Gasteiger charge is 2.26. The largest absolute Gasteiger partial charge is 0.342 e. The first-order valence-electron chi connectivity index (χ1n) is 6.72. The molecule has 1 heterocycles. The standard InChI is InChI=1S/C15H20INO/c16-10-6-9-14(13-7-2-1-3-8-13)15(18)17-11-4-5-12-17/h1-3,7-8,14H,4-6,9-12H2. The number of likely N-dealkylation sites (tertiary alicyclic amines) is 1. The Morgan fingerprint density at radius 1 is 1.22 bits per heavy atom. The van der Waals surface area contributed by atoms with Crippen molar-refractivity contribution < 1.29 is 4.79 Å². The fraction of sp³-hybridized carbons (Fsp3) is 0.533. The molecule has 1 atom stereocenters. The molecule has 1 unspecified atom stereocenters. The van der Waals surface area contributed by atoms with Gasteiger partial charge in [-0.05, 0) is 35.7 Å². The summed E-state index contributed by atoms with van der Waals surface area (Å²) in [5.74, 6) is 0.405. The Morgan fingerprint density at radius 3 is 2.50 bits per heavy atom. The fourth-order valence-corrected chi connectivity index (χ4v) is 3.00. The van der Waals surface area contributed by atoms with Crippen molar-refractivity contribution in [3.8, 4) is 0 Å². The third-order valence-electron chi connectivity index (χ3n) is 3.54. The second-order valence-corrected chi connectivity index (χ2v) is 5.91. The van der Waals surface area contributed by atoms with Crippen LogP contribution in [0.4, 0.5) is 0 Å². The molecular weight excluding hydrogens is 337 g/mol. The van der Waals surface area contributed by atoms with Gasteiger partial charge in [-0.25, -0.2) is 0 Å². The normalized spacial score (nSPS) is 16.8. The summed E-state index contributed by atoms with van der Waals surface area (Å²) in [4.78, 5) is 14.6. The topological polar surface area (TPSA) is 20.3 Å². The third-order valence-corrected chi connectivity index (χ3v) is 4.31. The maximum absolute atomic E-state index is 12.6. The number of alkyl halides is 1. The van der Waals surface area contributed by atoms with Crippen molar-refractivity contribution in [1.82, 2.24) is 4.90 Å². The highest BCUT2D eigenvalue weighted by Crippen LogP contribution is 2.26. The SMILES string of the molecule is O=C(C(CCCI)c1ccccc1)N1CCCC1. The van der Waals surface area contributed by atoms with Gasteiger partial charge in [0.2, 0.25) is 5.91 Å². The minimum atomic E-state index is 0.0686. The molecule has 0 aliphatic carbocycles. The van der Waals surface area contributed by atoms with Crippen LogP contribution in [0.1, 0.15) is 37.2 Å². The molecule has 0 bridgehead atoms. The van der Waals surface area contributed by atoms with E-state index in [0.29, 0.717) is 5.91 Å². The van der Waals surface area contributed by atoms with E-state index in [1.54, 1.807) is 0 Å². The lowest BCUT2D eigenvalue weighted by Gasteiger charge is -2.23. The molecule has 1 aliphatic rings. The number of amides is 1. The van der Waals surface area contributed by atoms with Crippen molar-refractivity contribution in [3.63, 3.8) is 0 Å². The van der Waals surface area contributed by atoms with E-state index < -0.39 is 0 Å². The monoisotopic (exact) mass is 357 g/mol. The number of benzene rings is 1. The van der Waals surface area contributed by atoms with Gasteiger partial charge < -0.3 is 4.90 Å². The van der Waals surface area contributed by atoms with Gasteiger partial charge in [-0.15, -0.1) is 0 Å². The summed E-state index contributed by atoms with van der Waals surface area (Å²) >= 11 is 2.39. The van der Waals surface area contributed by atoms with Crippen LogP contribution in [0.25, 0.3) is 0 Å². The summed E-state index contributed by atoms with van der Waals surface area (Å²) in [5.41, 5.74) is 1.18. The minimum absolute atomic E-state index is 0.0686. The molecule has 1 saturated heterocycles. The molecule has 1 aromatic rings. The van der Waals surface area contributed by atoms with Crippen molar-refractivity contribution in [3.05, 3.63) is 35.9 Å². The number of nitrogens with zero attached hydrogens (tertiary/aromatic N) is 1. The predicted molar refractivity (Wildman–Crippen MR) is 83.1 cm³/mol. The van der Waals surface area contributed by atoms with E-state index in [9.17, 15) is 4.79 Å². The highest BCUT2D eigenvalue weighted by atomic mass is 127. The number of carbonyl (C=O) groups is 1. The Hall–Kier alpha value is -0.580. The number of hydrogen-bond donors (Lipinski definition) is 0. The Morgan fingerprint density at radius 2 is 1.89 bits per heavy atom. The number of carbonyl (C=O) groups excluding carboxylic acids is 1. The summed E-state index contributed by atoms with van der Waals surface area (Å²) in [6.07, 6.45) is 4.42. The summed E-state index contributed by atoms with van der Waals surface area (Å²) in [6, 6.07) is 10.3. The van der Waals surface area contributed by atoms with E-state index in [1.807, 2.05) is 23.1 Å². The van der Waals surface area contributed by atoms with Gasteiger partial charge in [-0.3, -0.25) is 4.79 Å². The highest BCUT2D eigenvalue weighted by molar-refractivity contribution is 14.1. The van der Waals surface area contributed by atoms with Gasteiger partial charge in [0.15, 0.2) is 0 Å². The first-order chi connectivity index (χ1) is 8.83. The number of rotatable bonds is 5. The molecule has 3 heteroatoms. The van der Waals surface area contributed by atoms with Crippen LogP contribution in [0.15, 0.2) is 30.3 Å². The molecule has 0 spiro atoms. The lowest BCUT2D eigenvalue weighted by Crippen LogP contribution is -2.32. The van der Waals surface area contributed by atoms with Gasteiger partial charge in [-0.1, -0.05) is 52.9 Å². The van der Waals surface area contributed by atoms with Crippen molar-refractivity contribution in [2.45, 2.75) is 31.6 Å². The zero-order valence-corrected chi connectivity index (χ0v) is 12.8. The van der Waals surface area contributed by atoms with E-state index in [1.165, 1.54) is 18.4 Å². The van der Waals surface area contributed by atoms with Crippen LogP contribution in [0, 0.1) is 0 Å². The van der Waals surface area contributed by atoms with E-state index in [2.05, 4.69) is 34.7 Å². The quantitative estimate of drug-likeness (QED) is 0.582. The fourth-order valence-electron chi connectivity index (χ4n) is 2.56. The van der Waals surface area contributed by atoms with Crippen molar-refractivity contribution >= 4 is 28.5 Å². The Balaban J connectivity index is 2.11. The molecule has 0 aromatic heterocycles. The molecule has 0 radical (unpaired) electrons. The van der Waals surface area contributed by atoms with Crippen LogP contribution < -0.4 is 0 Å². The maximum Gasteiger partial charge on any atom is 0.230 e. The van der Waals surface area contributed by atoms with Gasteiger partial charge >= 0.3 is 0 Å². The van der Waals surface area contributed by atoms with E-state index >= 15 is 0 Å². The Kier molecular flexibility index (Phi) is 5.47. The van der Waals surface area contributed by atoms with Crippen LogP contribution in [0.3, 0.4) is 0 Å². The number of hydrogen-bond acceptors (Lipinski definition) is 1. The molecule has 1 aromatic carbocycles. The van der Waals surface area contributed by atoms with Crippen molar-refractivity contribution in [1.29, 1.82) is 0 Å². The second-order valence-electron chi connectivity index (χ2n) is 4.83. The average Bonchev–Trinajstić information content (AvgIpc) is 2.94. The molecular formula is C15H20INO. The zero-order valence-electron chi connectivity index (χ0n) is 10.6. The Labute approximate surface area is 123 Å². The minimum Gasteiger partial charge on any atom is -0.342 e. The van der Waals surface area contributed by atoms with Crippen LogP contribution in [0.2, 0.25) is 0 Å². The predicted octanol–water partition coefficient (Wildman–Crippen LogP) is 3.61. The maximum atomic E-state index is 12.6. The Bertz CT molecular complexity index is 373. The van der Waals surface area contributed by atoms with Gasteiger partial charge in [0.1, 0.15) is 0 Å². The van der Waals surface area contributed by atoms with Gasteiger partial charge in [0.05, 0.1) is 5.92 Å². The van der Waals surface area contributed by atoms with E-state index in [0.717, 1.165) is 30.4 Å².